The van der Waals surface area contributed by atoms with E-state index in [4.69, 9.17) is 5.73 Å². The minimum absolute atomic E-state index is 0.0231. The summed E-state index contributed by atoms with van der Waals surface area (Å²) in [7, 11) is 0. The Morgan fingerprint density at radius 3 is 2.80 bits per heavy atom. The lowest BCUT2D eigenvalue weighted by Gasteiger charge is -2.16. The van der Waals surface area contributed by atoms with Crippen molar-refractivity contribution in [3.05, 3.63) is 23.2 Å². The summed E-state index contributed by atoms with van der Waals surface area (Å²) in [5.41, 5.74) is 6.85. The molecule has 1 aliphatic carbocycles. The van der Waals surface area contributed by atoms with Crippen molar-refractivity contribution in [1.82, 2.24) is 0 Å². The first-order chi connectivity index (χ1) is 4.61. The SMILES string of the molecule is CC1=CC(N)=C(F)C(C)C1. The highest BCUT2D eigenvalue weighted by Crippen LogP contribution is 2.27. The Labute approximate surface area is 60.4 Å². The summed E-state index contributed by atoms with van der Waals surface area (Å²) in [5.74, 6) is -0.185. The van der Waals surface area contributed by atoms with Crippen LogP contribution in [0.3, 0.4) is 0 Å². The zero-order valence-electron chi connectivity index (χ0n) is 6.32. The van der Waals surface area contributed by atoms with Crippen molar-refractivity contribution in [3.8, 4) is 0 Å². The summed E-state index contributed by atoms with van der Waals surface area (Å²) >= 11 is 0. The van der Waals surface area contributed by atoms with Crippen LogP contribution in [0.4, 0.5) is 4.39 Å². The van der Waals surface area contributed by atoms with E-state index in [2.05, 4.69) is 0 Å². The van der Waals surface area contributed by atoms with E-state index < -0.39 is 0 Å². The van der Waals surface area contributed by atoms with Gasteiger partial charge in [-0.25, -0.2) is 4.39 Å². The molecule has 1 rings (SSSR count). The molecule has 0 aromatic carbocycles. The monoisotopic (exact) mass is 141 g/mol. The van der Waals surface area contributed by atoms with Crippen molar-refractivity contribution in [2.45, 2.75) is 20.3 Å². The van der Waals surface area contributed by atoms with E-state index in [9.17, 15) is 4.39 Å². The summed E-state index contributed by atoms with van der Waals surface area (Å²) in [5, 5.41) is 0. The van der Waals surface area contributed by atoms with E-state index in [0.29, 0.717) is 5.70 Å². The first-order valence-corrected chi connectivity index (χ1v) is 3.43. The van der Waals surface area contributed by atoms with Crippen LogP contribution in [0.15, 0.2) is 23.2 Å². The fourth-order valence-corrected chi connectivity index (χ4v) is 1.25. The van der Waals surface area contributed by atoms with E-state index in [-0.39, 0.29) is 11.7 Å². The Morgan fingerprint density at radius 1 is 1.70 bits per heavy atom. The van der Waals surface area contributed by atoms with Gasteiger partial charge >= 0.3 is 0 Å². The highest BCUT2D eigenvalue weighted by molar-refractivity contribution is 5.28. The largest absolute Gasteiger partial charge is 0.397 e. The second-order valence-electron chi connectivity index (χ2n) is 2.90. The molecule has 2 N–H and O–H groups in total. The molecule has 0 spiro atoms. The molecular weight excluding hydrogens is 129 g/mol. The first-order valence-electron chi connectivity index (χ1n) is 3.43. The Hall–Kier alpha value is -0.790. The van der Waals surface area contributed by atoms with Gasteiger partial charge in [-0.3, -0.25) is 0 Å². The van der Waals surface area contributed by atoms with Crippen LogP contribution in [0.25, 0.3) is 0 Å². The molecule has 1 atom stereocenters. The molecule has 56 valence electrons. The van der Waals surface area contributed by atoms with Gasteiger partial charge in [0.2, 0.25) is 0 Å². The van der Waals surface area contributed by atoms with Gasteiger partial charge in [-0.2, -0.15) is 0 Å². The molecule has 1 unspecified atom stereocenters. The fraction of sp³-hybridized carbons (Fsp3) is 0.500. The second kappa shape index (κ2) is 2.45. The Bertz CT molecular complexity index is 203. The molecule has 0 saturated heterocycles. The van der Waals surface area contributed by atoms with Crippen LogP contribution in [0.5, 0.6) is 0 Å². The lowest BCUT2D eigenvalue weighted by Crippen LogP contribution is -2.09. The maximum Gasteiger partial charge on any atom is 0.126 e. The maximum atomic E-state index is 12.9. The van der Waals surface area contributed by atoms with Gasteiger partial charge in [0.15, 0.2) is 0 Å². The molecule has 0 radical (unpaired) electrons. The molecule has 1 nitrogen and oxygen atoms in total. The molecular formula is C8H12FN. The number of allylic oxidation sites excluding steroid dienone is 3. The molecule has 0 aromatic rings. The standard InChI is InChI=1S/C8H12FN/c1-5-3-6(2)8(9)7(10)4-5/h4,6H,3,10H2,1-2H3. The van der Waals surface area contributed by atoms with Crippen LogP contribution < -0.4 is 5.73 Å². The van der Waals surface area contributed by atoms with Crippen LogP contribution in [0.2, 0.25) is 0 Å². The molecule has 0 heterocycles. The van der Waals surface area contributed by atoms with Crippen molar-refractivity contribution in [3.63, 3.8) is 0 Å². The summed E-state index contributed by atoms with van der Waals surface area (Å²) in [4.78, 5) is 0. The Kier molecular flexibility index (Phi) is 1.79. The number of halogens is 1. The van der Waals surface area contributed by atoms with Crippen LogP contribution in [0, 0.1) is 5.92 Å². The smallest absolute Gasteiger partial charge is 0.126 e. The van der Waals surface area contributed by atoms with Gasteiger partial charge in [0.25, 0.3) is 0 Å². The minimum Gasteiger partial charge on any atom is -0.397 e. The van der Waals surface area contributed by atoms with E-state index >= 15 is 0 Å². The fourth-order valence-electron chi connectivity index (χ4n) is 1.25. The quantitative estimate of drug-likeness (QED) is 0.549. The van der Waals surface area contributed by atoms with Crippen LogP contribution >= 0.6 is 0 Å². The predicted octanol–water partition coefficient (Wildman–Crippen LogP) is 2.11. The number of nitrogens with two attached hydrogens (primary N) is 1. The predicted molar refractivity (Wildman–Crippen MR) is 39.9 cm³/mol. The number of hydrogen-bond acceptors (Lipinski definition) is 1. The van der Waals surface area contributed by atoms with Crippen molar-refractivity contribution in [2.24, 2.45) is 11.7 Å². The maximum absolute atomic E-state index is 12.9. The molecule has 0 bridgehead atoms. The number of rotatable bonds is 0. The van der Waals surface area contributed by atoms with Crippen molar-refractivity contribution in [1.29, 1.82) is 0 Å². The third kappa shape index (κ3) is 1.20. The lowest BCUT2D eigenvalue weighted by atomic mass is 9.94. The average Bonchev–Trinajstić information content (AvgIpc) is 1.82. The van der Waals surface area contributed by atoms with Crippen LogP contribution in [-0.4, -0.2) is 0 Å². The highest BCUT2D eigenvalue weighted by Gasteiger charge is 2.16. The highest BCUT2D eigenvalue weighted by atomic mass is 19.1. The minimum atomic E-state index is -0.161. The topological polar surface area (TPSA) is 26.0 Å². The van der Waals surface area contributed by atoms with E-state index in [0.717, 1.165) is 12.0 Å². The first kappa shape index (κ1) is 7.32. The van der Waals surface area contributed by atoms with Crippen molar-refractivity contribution < 1.29 is 4.39 Å². The molecule has 1 aliphatic rings. The molecule has 10 heavy (non-hydrogen) atoms. The third-order valence-corrected chi connectivity index (χ3v) is 1.74. The molecule has 0 aliphatic heterocycles. The molecule has 2 heteroatoms. The summed E-state index contributed by atoms with van der Waals surface area (Å²) < 4.78 is 12.9. The van der Waals surface area contributed by atoms with E-state index in [1.54, 1.807) is 6.08 Å². The third-order valence-electron chi connectivity index (χ3n) is 1.74. The number of hydrogen-bond donors (Lipinski definition) is 1. The van der Waals surface area contributed by atoms with Gasteiger partial charge in [0.05, 0.1) is 5.70 Å². The molecule has 0 fully saturated rings. The average molecular weight is 141 g/mol. The Balaban J connectivity index is 2.92. The Morgan fingerprint density at radius 2 is 2.30 bits per heavy atom. The zero-order chi connectivity index (χ0) is 7.72. The van der Waals surface area contributed by atoms with Crippen molar-refractivity contribution in [2.75, 3.05) is 0 Å². The zero-order valence-corrected chi connectivity index (χ0v) is 6.32. The summed E-state index contributed by atoms with van der Waals surface area (Å²) in [6, 6.07) is 0. The van der Waals surface area contributed by atoms with Gasteiger partial charge < -0.3 is 5.73 Å². The van der Waals surface area contributed by atoms with Gasteiger partial charge in [-0.05, 0) is 19.4 Å². The van der Waals surface area contributed by atoms with Crippen LogP contribution in [-0.2, 0) is 0 Å². The van der Waals surface area contributed by atoms with Crippen molar-refractivity contribution >= 4 is 0 Å². The summed E-state index contributed by atoms with van der Waals surface area (Å²) in [6.45, 7) is 3.81. The molecule has 0 saturated carbocycles. The van der Waals surface area contributed by atoms with Gasteiger partial charge in [0, 0.05) is 5.92 Å². The van der Waals surface area contributed by atoms with E-state index in [1.165, 1.54) is 0 Å². The van der Waals surface area contributed by atoms with E-state index in [1.807, 2.05) is 13.8 Å². The summed E-state index contributed by atoms with van der Waals surface area (Å²) in [6.07, 6.45) is 2.50. The van der Waals surface area contributed by atoms with Crippen LogP contribution in [0.1, 0.15) is 20.3 Å². The van der Waals surface area contributed by atoms with Gasteiger partial charge in [0.1, 0.15) is 5.83 Å². The molecule has 0 amide bonds. The second-order valence-corrected chi connectivity index (χ2v) is 2.90. The molecule has 0 aromatic heterocycles. The lowest BCUT2D eigenvalue weighted by molar-refractivity contribution is 0.473. The normalized spacial score (nSPS) is 26.7. The van der Waals surface area contributed by atoms with Gasteiger partial charge in [-0.15, -0.1) is 0 Å². The van der Waals surface area contributed by atoms with Gasteiger partial charge in [-0.1, -0.05) is 12.5 Å².